The molecule has 0 fully saturated rings. The van der Waals surface area contributed by atoms with Gasteiger partial charge in [-0.25, -0.2) is 0 Å². The fourth-order valence-corrected chi connectivity index (χ4v) is 2.58. The molecular weight excluding hydrogens is 280 g/mol. The minimum Gasteiger partial charge on any atom is -0.508 e. The second kappa shape index (κ2) is 5.34. The lowest BCUT2D eigenvalue weighted by Gasteiger charge is -2.26. The smallest absolute Gasteiger partial charge is 0.205 e. The molecule has 0 aliphatic carbocycles. The van der Waals surface area contributed by atoms with Crippen molar-refractivity contribution >= 4 is 0 Å². The number of hydrogen-bond donors (Lipinski definition) is 2. The number of benzene rings is 2. The normalized spacial score (nSPS) is 16.5. The number of ether oxygens (including phenoxy) is 2. The largest absolute Gasteiger partial charge is 0.508 e. The third-order valence-electron chi connectivity index (χ3n) is 3.65. The fourth-order valence-electron chi connectivity index (χ4n) is 2.58. The van der Waals surface area contributed by atoms with Crippen LogP contribution in [-0.2, 0) is 0 Å². The van der Waals surface area contributed by atoms with Crippen molar-refractivity contribution in [1.82, 2.24) is 0 Å². The minimum absolute atomic E-state index is 0.0569. The van der Waals surface area contributed by atoms with E-state index in [1.807, 2.05) is 24.3 Å². The van der Waals surface area contributed by atoms with Gasteiger partial charge in [0.2, 0.25) is 5.88 Å². The molecule has 0 saturated heterocycles. The van der Waals surface area contributed by atoms with Crippen molar-refractivity contribution in [3.8, 4) is 23.3 Å². The monoisotopic (exact) mass is 294 g/mol. The molecule has 110 valence electrons. The Morgan fingerprint density at radius 3 is 2.59 bits per heavy atom. The second-order valence-electron chi connectivity index (χ2n) is 4.92. The summed E-state index contributed by atoms with van der Waals surface area (Å²) in [6, 6.07) is 14.3. The highest BCUT2D eigenvalue weighted by Gasteiger charge is 2.30. The van der Waals surface area contributed by atoms with Gasteiger partial charge in [-0.2, -0.15) is 5.26 Å². The number of aromatic hydroxyl groups is 1. The summed E-state index contributed by atoms with van der Waals surface area (Å²) < 4.78 is 10.6. The maximum Gasteiger partial charge on any atom is 0.205 e. The van der Waals surface area contributed by atoms with Gasteiger partial charge < -0.3 is 20.3 Å². The van der Waals surface area contributed by atoms with Crippen LogP contribution in [0.3, 0.4) is 0 Å². The third kappa shape index (κ3) is 2.21. The third-order valence-corrected chi connectivity index (χ3v) is 3.65. The van der Waals surface area contributed by atoms with Crippen molar-refractivity contribution in [2.75, 3.05) is 7.11 Å². The standard InChI is InChI=1S/C17H14N2O3/c1-21-12-5-2-10(3-6-12)16-13-7-4-11(20)8-15(13)22-17(19)14(16)9-18/h2-8,16,20H,19H2,1H3. The van der Waals surface area contributed by atoms with Gasteiger partial charge in [-0.1, -0.05) is 18.2 Å². The number of phenolic OH excluding ortho intramolecular Hbond substituents is 1. The number of allylic oxidation sites excluding steroid dienone is 1. The van der Waals surface area contributed by atoms with E-state index < -0.39 is 0 Å². The molecule has 22 heavy (non-hydrogen) atoms. The van der Waals surface area contributed by atoms with E-state index in [9.17, 15) is 10.4 Å². The number of rotatable bonds is 2. The first-order chi connectivity index (χ1) is 10.6. The van der Waals surface area contributed by atoms with Gasteiger partial charge in [-0.3, -0.25) is 0 Å². The van der Waals surface area contributed by atoms with E-state index in [0.29, 0.717) is 11.3 Å². The van der Waals surface area contributed by atoms with Crippen molar-refractivity contribution in [2.24, 2.45) is 5.73 Å². The second-order valence-corrected chi connectivity index (χ2v) is 4.92. The lowest BCUT2D eigenvalue weighted by molar-refractivity contribution is 0.388. The molecule has 1 aliphatic heterocycles. The summed E-state index contributed by atoms with van der Waals surface area (Å²) in [5.41, 5.74) is 7.90. The Labute approximate surface area is 127 Å². The van der Waals surface area contributed by atoms with E-state index >= 15 is 0 Å². The highest BCUT2D eigenvalue weighted by molar-refractivity contribution is 5.57. The quantitative estimate of drug-likeness (QED) is 0.888. The first kappa shape index (κ1) is 13.8. The first-order valence-corrected chi connectivity index (χ1v) is 6.68. The van der Waals surface area contributed by atoms with Gasteiger partial charge in [0.1, 0.15) is 28.9 Å². The number of hydrogen-bond acceptors (Lipinski definition) is 5. The summed E-state index contributed by atoms with van der Waals surface area (Å²) >= 11 is 0. The summed E-state index contributed by atoms with van der Waals surface area (Å²) in [5, 5.41) is 19.0. The van der Waals surface area contributed by atoms with Gasteiger partial charge in [0.05, 0.1) is 13.0 Å². The average molecular weight is 294 g/mol. The number of nitriles is 1. The van der Waals surface area contributed by atoms with Gasteiger partial charge in [-0.15, -0.1) is 0 Å². The van der Waals surface area contributed by atoms with Crippen molar-refractivity contribution in [3.05, 3.63) is 65.0 Å². The average Bonchev–Trinajstić information content (AvgIpc) is 2.53. The predicted octanol–water partition coefficient (Wildman–Crippen LogP) is 2.62. The van der Waals surface area contributed by atoms with E-state index in [4.69, 9.17) is 15.2 Å². The van der Waals surface area contributed by atoms with Gasteiger partial charge >= 0.3 is 0 Å². The van der Waals surface area contributed by atoms with E-state index in [2.05, 4.69) is 6.07 Å². The van der Waals surface area contributed by atoms with Crippen molar-refractivity contribution in [1.29, 1.82) is 5.26 Å². The van der Waals surface area contributed by atoms with E-state index in [0.717, 1.165) is 16.9 Å². The van der Waals surface area contributed by atoms with Crippen LogP contribution in [0.1, 0.15) is 17.0 Å². The molecule has 0 spiro atoms. The molecule has 3 rings (SSSR count). The Kier molecular flexibility index (Phi) is 3.36. The Morgan fingerprint density at radius 2 is 1.95 bits per heavy atom. The molecule has 5 nitrogen and oxygen atoms in total. The highest BCUT2D eigenvalue weighted by Crippen LogP contribution is 2.43. The van der Waals surface area contributed by atoms with E-state index in [-0.39, 0.29) is 17.6 Å². The topological polar surface area (TPSA) is 88.5 Å². The van der Waals surface area contributed by atoms with Crippen LogP contribution in [0.5, 0.6) is 17.2 Å². The van der Waals surface area contributed by atoms with Crippen LogP contribution in [0.15, 0.2) is 53.9 Å². The van der Waals surface area contributed by atoms with Gasteiger partial charge in [0.25, 0.3) is 0 Å². The Hall–Kier alpha value is -3.13. The Bertz CT molecular complexity index is 789. The molecule has 1 atom stereocenters. The summed E-state index contributed by atoms with van der Waals surface area (Å²) in [5.74, 6) is 0.997. The molecule has 0 radical (unpaired) electrons. The predicted molar refractivity (Wildman–Crippen MR) is 80.4 cm³/mol. The van der Waals surface area contributed by atoms with Crippen LogP contribution < -0.4 is 15.2 Å². The van der Waals surface area contributed by atoms with Crippen LogP contribution in [0.4, 0.5) is 0 Å². The zero-order chi connectivity index (χ0) is 15.7. The molecule has 2 aromatic rings. The molecule has 0 bridgehead atoms. The molecular formula is C17H14N2O3. The molecule has 1 aliphatic rings. The Balaban J connectivity index is 2.16. The summed E-state index contributed by atoms with van der Waals surface area (Å²) in [6.07, 6.45) is 0. The SMILES string of the molecule is COc1ccc(C2C(C#N)=C(N)Oc3cc(O)ccc32)cc1. The molecule has 0 saturated carbocycles. The Morgan fingerprint density at radius 1 is 1.23 bits per heavy atom. The number of nitrogens with zero attached hydrogens (tertiary/aromatic N) is 1. The van der Waals surface area contributed by atoms with Crippen LogP contribution in [0.25, 0.3) is 0 Å². The summed E-state index contributed by atoms with van der Waals surface area (Å²) in [6.45, 7) is 0. The number of nitrogens with two attached hydrogens (primary N) is 1. The zero-order valence-electron chi connectivity index (χ0n) is 11.9. The number of phenols is 1. The van der Waals surface area contributed by atoms with Crippen LogP contribution in [0, 0.1) is 11.3 Å². The molecule has 0 aromatic heterocycles. The lowest BCUT2D eigenvalue weighted by atomic mass is 9.83. The highest BCUT2D eigenvalue weighted by atomic mass is 16.5. The molecule has 5 heteroatoms. The summed E-state index contributed by atoms with van der Waals surface area (Å²) in [7, 11) is 1.60. The van der Waals surface area contributed by atoms with Gasteiger partial charge in [-0.05, 0) is 23.8 Å². The fraction of sp³-hybridized carbons (Fsp3) is 0.118. The van der Waals surface area contributed by atoms with Crippen LogP contribution in [-0.4, -0.2) is 12.2 Å². The number of methoxy groups -OCH3 is 1. The number of fused-ring (bicyclic) bond motifs is 1. The molecule has 2 aromatic carbocycles. The van der Waals surface area contributed by atoms with Gasteiger partial charge in [0, 0.05) is 11.6 Å². The van der Waals surface area contributed by atoms with Crippen LogP contribution in [0.2, 0.25) is 0 Å². The summed E-state index contributed by atoms with van der Waals surface area (Å²) in [4.78, 5) is 0. The molecule has 3 N–H and O–H groups in total. The van der Waals surface area contributed by atoms with E-state index in [1.165, 1.54) is 6.07 Å². The first-order valence-electron chi connectivity index (χ1n) is 6.68. The van der Waals surface area contributed by atoms with Crippen molar-refractivity contribution < 1.29 is 14.6 Å². The molecule has 1 heterocycles. The minimum atomic E-state index is -0.333. The van der Waals surface area contributed by atoms with Gasteiger partial charge in [0.15, 0.2) is 0 Å². The maximum atomic E-state index is 9.60. The molecule has 0 amide bonds. The van der Waals surface area contributed by atoms with Crippen LogP contribution >= 0.6 is 0 Å². The molecule has 1 unspecified atom stereocenters. The van der Waals surface area contributed by atoms with Crippen molar-refractivity contribution in [3.63, 3.8) is 0 Å². The van der Waals surface area contributed by atoms with E-state index in [1.54, 1.807) is 19.2 Å². The zero-order valence-corrected chi connectivity index (χ0v) is 11.9. The van der Waals surface area contributed by atoms with Crippen molar-refractivity contribution in [2.45, 2.75) is 5.92 Å². The maximum absolute atomic E-state index is 9.60. The lowest BCUT2D eigenvalue weighted by Crippen LogP contribution is -2.20.